The predicted octanol–water partition coefficient (Wildman–Crippen LogP) is 4.17. The van der Waals surface area contributed by atoms with E-state index in [1.807, 2.05) is 36.6 Å². The van der Waals surface area contributed by atoms with Crippen LogP contribution >= 0.6 is 11.3 Å². The first-order valence-electron chi connectivity index (χ1n) is 8.79. The molecule has 0 radical (unpaired) electrons. The summed E-state index contributed by atoms with van der Waals surface area (Å²) in [6.45, 7) is 5.13. The van der Waals surface area contributed by atoms with E-state index in [4.69, 9.17) is 4.74 Å². The highest BCUT2D eigenvalue weighted by atomic mass is 32.1. The minimum absolute atomic E-state index is 0.00697. The Labute approximate surface area is 165 Å². The van der Waals surface area contributed by atoms with E-state index in [1.165, 1.54) is 29.5 Å². The number of aromatic nitrogens is 1. The smallest absolute Gasteiger partial charge is 0.272 e. The maximum absolute atomic E-state index is 12.3. The Balaban J connectivity index is 1.92. The molecule has 0 aliphatic carbocycles. The van der Waals surface area contributed by atoms with Crippen molar-refractivity contribution in [3.05, 3.63) is 69.0 Å². The Hall–Kier alpha value is -3.26. The van der Waals surface area contributed by atoms with E-state index >= 15 is 0 Å². The zero-order chi connectivity index (χ0) is 20.1. The molecule has 144 valence electrons. The van der Waals surface area contributed by atoms with Crippen molar-refractivity contribution in [2.24, 2.45) is 4.99 Å². The fraction of sp³-hybridized carbons (Fsp3) is 0.200. The summed E-state index contributed by atoms with van der Waals surface area (Å²) in [5.41, 5.74) is 1.63. The molecule has 0 fully saturated rings. The van der Waals surface area contributed by atoms with Gasteiger partial charge in [-0.25, -0.2) is 0 Å². The van der Waals surface area contributed by atoms with Crippen molar-refractivity contribution < 1.29 is 14.5 Å². The van der Waals surface area contributed by atoms with Gasteiger partial charge in [-0.1, -0.05) is 17.4 Å². The van der Waals surface area contributed by atoms with Crippen LogP contribution in [0.25, 0.3) is 16.3 Å². The Kier molecular flexibility index (Phi) is 6.00. The van der Waals surface area contributed by atoms with Crippen LogP contribution in [0.2, 0.25) is 0 Å². The molecule has 3 rings (SSSR count). The number of thiazole rings is 1. The fourth-order valence-corrected chi connectivity index (χ4v) is 3.87. The summed E-state index contributed by atoms with van der Waals surface area (Å²) in [6.07, 6.45) is 2.94. The molecule has 28 heavy (non-hydrogen) atoms. The summed E-state index contributed by atoms with van der Waals surface area (Å²) < 4.78 is 8.67. The number of non-ortho nitro benzene ring substituents is 1. The number of fused-ring (bicyclic) bond motifs is 1. The largest absolute Gasteiger partial charge is 0.492 e. The molecular weight excluding hydrogens is 378 g/mol. The van der Waals surface area contributed by atoms with E-state index in [1.54, 1.807) is 18.2 Å². The molecule has 8 heteroatoms. The summed E-state index contributed by atoms with van der Waals surface area (Å²) in [7, 11) is 0. The Morgan fingerprint density at radius 1 is 1.25 bits per heavy atom. The Bertz CT molecular complexity index is 1110. The zero-order valence-corrected chi connectivity index (χ0v) is 16.3. The summed E-state index contributed by atoms with van der Waals surface area (Å²) in [5.74, 6) is 0.374. The number of rotatable bonds is 6. The van der Waals surface area contributed by atoms with Crippen LogP contribution in [-0.2, 0) is 11.3 Å². The molecule has 0 atom stereocenters. The van der Waals surface area contributed by atoms with E-state index in [9.17, 15) is 14.9 Å². The standard InChI is InChI=1S/C20H19N3O4S/c1-3-22-19-16(27-4-2)6-5-7-17(19)28-20(22)21-18(24)13-10-14-8-11-15(12-9-14)23(25)26/h5-13H,3-4H2,1-2H3. The molecule has 0 bridgehead atoms. The molecule has 0 spiro atoms. The number of hydrogen-bond acceptors (Lipinski definition) is 5. The molecule has 0 unspecified atom stereocenters. The number of para-hydroxylation sites is 1. The number of hydrogen-bond donors (Lipinski definition) is 0. The molecule has 0 aliphatic heterocycles. The van der Waals surface area contributed by atoms with Crippen LogP contribution in [0.1, 0.15) is 19.4 Å². The van der Waals surface area contributed by atoms with Crippen LogP contribution in [-0.4, -0.2) is 22.0 Å². The first-order valence-corrected chi connectivity index (χ1v) is 9.61. The summed E-state index contributed by atoms with van der Waals surface area (Å²) in [5, 5.41) is 10.7. The maximum atomic E-state index is 12.3. The lowest BCUT2D eigenvalue weighted by Crippen LogP contribution is -2.15. The highest BCUT2D eigenvalue weighted by Gasteiger charge is 2.11. The topological polar surface area (TPSA) is 86.7 Å². The molecule has 1 aromatic heterocycles. The monoisotopic (exact) mass is 397 g/mol. The van der Waals surface area contributed by atoms with Gasteiger partial charge in [0.2, 0.25) is 0 Å². The fourth-order valence-electron chi connectivity index (χ4n) is 2.75. The van der Waals surface area contributed by atoms with Gasteiger partial charge in [0.25, 0.3) is 11.6 Å². The van der Waals surface area contributed by atoms with Crippen molar-refractivity contribution in [2.75, 3.05) is 6.61 Å². The molecule has 0 saturated carbocycles. The van der Waals surface area contributed by atoms with E-state index in [0.717, 1.165) is 16.0 Å². The Morgan fingerprint density at radius 2 is 2.00 bits per heavy atom. The minimum Gasteiger partial charge on any atom is -0.492 e. The van der Waals surface area contributed by atoms with Gasteiger partial charge in [0.15, 0.2) is 4.80 Å². The molecule has 0 N–H and O–H groups in total. The molecule has 0 saturated heterocycles. The zero-order valence-electron chi connectivity index (χ0n) is 15.5. The normalized spacial score (nSPS) is 12.0. The van der Waals surface area contributed by atoms with Gasteiger partial charge in [-0.05, 0) is 49.8 Å². The van der Waals surface area contributed by atoms with Crippen molar-refractivity contribution in [3.8, 4) is 5.75 Å². The van der Waals surface area contributed by atoms with Crippen molar-refractivity contribution in [1.29, 1.82) is 0 Å². The first kappa shape index (κ1) is 19.5. The SMILES string of the molecule is CCOc1cccc2sc(=NC(=O)C=Cc3ccc([N+](=O)[O-])cc3)n(CC)c12. The van der Waals surface area contributed by atoms with Gasteiger partial charge < -0.3 is 9.30 Å². The summed E-state index contributed by atoms with van der Waals surface area (Å²) >= 11 is 1.43. The third kappa shape index (κ3) is 4.17. The lowest BCUT2D eigenvalue weighted by atomic mass is 10.2. The van der Waals surface area contributed by atoms with E-state index in [0.29, 0.717) is 23.5 Å². The van der Waals surface area contributed by atoms with Crippen molar-refractivity contribution in [2.45, 2.75) is 20.4 Å². The number of carbonyl (C=O) groups is 1. The quantitative estimate of drug-likeness (QED) is 0.355. The second-order valence-corrected chi connectivity index (χ2v) is 6.81. The number of nitro groups is 1. The lowest BCUT2D eigenvalue weighted by Gasteiger charge is -2.07. The second kappa shape index (κ2) is 8.62. The van der Waals surface area contributed by atoms with E-state index in [-0.39, 0.29) is 5.69 Å². The first-order chi connectivity index (χ1) is 13.5. The number of amides is 1. The molecule has 3 aromatic rings. The van der Waals surface area contributed by atoms with E-state index in [2.05, 4.69) is 4.99 Å². The molecule has 1 heterocycles. The molecule has 7 nitrogen and oxygen atoms in total. The van der Waals surface area contributed by atoms with Crippen LogP contribution < -0.4 is 9.54 Å². The van der Waals surface area contributed by atoms with Crippen LogP contribution in [0, 0.1) is 10.1 Å². The number of nitro benzene ring substituents is 1. The van der Waals surface area contributed by atoms with Crippen LogP contribution in [0.15, 0.2) is 53.5 Å². The lowest BCUT2D eigenvalue weighted by molar-refractivity contribution is -0.384. The van der Waals surface area contributed by atoms with Crippen LogP contribution in [0.5, 0.6) is 5.75 Å². The number of benzene rings is 2. The van der Waals surface area contributed by atoms with Gasteiger partial charge in [-0.15, -0.1) is 0 Å². The van der Waals surface area contributed by atoms with Gasteiger partial charge in [-0.2, -0.15) is 4.99 Å². The Morgan fingerprint density at radius 3 is 2.64 bits per heavy atom. The number of ether oxygens (including phenoxy) is 1. The van der Waals surface area contributed by atoms with Gasteiger partial charge in [0, 0.05) is 24.8 Å². The average Bonchev–Trinajstić information content (AvgIpc) is 3.04. The van der Waals surface area contributed by atoms with Gasteiger partial charge >= 0.3 is 0 Å². The van der Waals surface area contributed by atoms with Gasteiger partial charge in [0.1, 0.15) is 11.3 Å². The average molecular weight is 397 g/mol. The third-order valence-corrected chi connectivity index (χ3v) is 5.05. The number of aryl methyl sites for hydroxylation is 1. The molecule has 2 aromatic carbocycles. The van der Waals surface area contributed by atoms with Crippen molar-refractivity contribution in [1.82, 2.24) is 4.57 Å². The second-order valence-electron chi connectivity index (χ2n) is 5.80. The maximum Gasteiger partial charge on any atom is 0.272 e. The predicted molar refractivity (Wildman–Crippen MR) is 109 cm³/mol. The highest BCUT2D eigenvalue weighted by molar-refractivity contribution is 7.16. The number of nitrogens with zero attached hydrogens (tertiary/aromatic N) is 3. The minimum atomic E-state index is -0.463. The van der Waals surface area contributed by atoms with Crippen LogP contribution in [0.3, 0.4) is 0 Å². The van der Waals surface area contributed by atoms with Crippen molar-refractivity contribution in [3.63, 3.8) is 0 Å². The summed E-state index contributed by atoms with van der Waals surface area (Å²) in [6, 6.07) is 11.8. The van der Waals surface area contributed by atoms with Crippen LogP contribution in [0.4, 0.5) is 5.69 Å². The molecule has 1 amide bonds. The van der Waals surface area contributed by atoms with Gasteiger partial charge in [0.05, 0.1) is 16.2 Å². The van der Waals surface area contributed by atoms with Gasteiger partial charge in [-0.3, -0.25) is 14.9 Å². The molecule has 0 aliphatic rings. The third-order valence-electron chi connectivity index (χ3n) is 4.01. The highest BCUT2D eigenvalue weighted by Crippen LogP contribution is 2.27. The number of carbonyl (C=O) groups excluding carboxylic acids is 1. The van der Waals surface area contributed by atoms with Crippen molar-refractivity contribution >= 4 is 39.2 Å². The summed E-state index contributed by atoms with van der Waals surface area (Å²) in [4.78, 5) is 27.4. The van der Waals surface area contributed by atoms with E-state index < -0.39 is 10.8 Å². The molecular formula is C20H19N3O4S.